The number of carbonyl (C=O) groups excluding carboxylic acids is 1. The van der Waals surface area contributed by atoms with Crippen LogP contribution in [0.5, 0.6) is 0 Å². The number of nitrogens with one attached hydrogen (secondary N) is 1. The number of rotatable bonds is 6. The number of hydrogen-bond donors (Lipinski definition) is 1. The van der Waals surface area contributed by atoms with Crippen LogP contribution in [-0.4, -0.2) is 55.5 Å². The Balaban J connectivity index is 0.00000264. The number of carbonyl (C=O) groups is 1. The van der Waals surface area contributed by atoms with E-state index in [0.717, 1.165) is 49.7 Å². The Labute approximate surface area is 162 Å². The van der Waals surface area contributed by atoms with Crippen LogP contribution in [0.1, 0.15) is 31.4 Å². The smallest absolute Gasteiger partial charge is 0.222 e. The standard InChI is InChI=1S/C17H26ClN3O.2ClH/c1-14(15-6-3-4-7-16(15)18)20-10-12-21(13-11-20)17(22)8-5-9-19-2;;/h3-4,6-7,14,19H,5,8-13H2,1-2H3;2*1H. The third-order valence-corrected chi connectivity index (χ3v) is 4.73. The highest BCUT2D eigenvalue weighted by atomic mass is 35.5. The van der Waals surface area contributed by atoms with Crippen molar-refractivity contribution >= 4 is 42.3 Å². The lowest BCUT2D eigenvalue weighted by molar-refractivity contribution is -0.133. The fraction of sp³-hybridized carbons (Fsp3) is 0.588. The van der Waals surface area contributed by atoms with Crippen LogP contribution in [-0.2, 0) is 4.79 Å². The maximum atomic E-state index is 12.1. The molecular weight excluding hydrogens is 369 g/mol. The summed E-state index contributed by atoms with van der Waals surface area (Å²) >= 11 is 6.29. The van der Waals surface area contributed by atoms with Crippen molar-refractivity contribution in [3.8, 4) is 0 Å². The second-order valence-electron chi connectivity index (χ2n) is 5.82. The highest BCUT2D eigenvalue weighted by Gasteiger charge is 2.25. The molecule has 1 atom stereocenters. The van der Waals surface area contributed by atoms with Gasteiger partial charge in [0.05, 0.1) is 0 Å². The first kappa shape index (κ1) is 23.5. The van der Waals surface area contributed by atoms with Gasteiger partial charge >= 0.3 is 0 Å². The molecule has 1 heterocycles. The first-order chi connectivity index (χ1) is 10.6. The van der Waals surface area contributed by atoms with E-state index in [4.69, 9.17) is 11.6 Å². The molecule has 138 valence electrons. The van der Waals surface area contributed by atoms with Gasteiger partial charge in [-0.3, -0.25) is 9.69 Å². The zero-order valence-electron chi connectivity index (χ0n) is 14.3. The Morgan fingerprint density at radius 2 is 1.83 bits per heavy atom. The molecule has 0 bridgehead atoms. The Kier molecular flexibility index (Phi) is 11.7. The summed E-state index contributed by atoms with van der Waals surface area (Å²) in [6, 6.07) is 8.30. The molecule has 24 heavy (non-hydrogen) atoms. The largest absolute Gasteiger partial charge is 0.340 e. The van der Waals surface area contributed by atoms with E-state index >= 15 is 0 Å². The molecule has 4 nitrogen and oxygen atoms in total. The fourth-order valence-electron chi connectivity index (χ4n) is 2.94. The number of benzene rings is 1. The maximum absolute atomic E-state index is 12.1. The van der Waals surface area contributed by atoms with Gasteiger partial charge in [0.25, 0.3) is 0 Å². The van der Waals surface area contributed by atoms with Gasteiger partial charge < -0.3 is 10.2 Å². The lowest BCUT2D eigenvalue weighted by Crippen LogP contribution is -2.49. The minimum absolute atomic E-state index is 0. The van der Waals surface area contributed by atoms with E-state index in [1.165, 1.54) is 0 Å². The SMILES string of the molecule is CNCCCC(=O)N1CCN(C(C)c2ccccc2Cl)CC1.Cl.Cl. The molecule has 0 radical (unpaired) electrons. The van der Waals surface area contributed by atoms with Gasteiger partial charge in [-0.1, -0.05) is 29.8 Å². The van der Waals surface area contributed by atoms with Crippen LogP contribution < -0.4 is 5.32 Å². The summed E-state index contributed by atoms with van der Waals surface area (Å²) in [7, 11) is 1.92. The average Bonchev–Trinajstić information content (AvgIpc) is 2.55. The van der Waals surface area contributed by atoms with Crippen molar-refractivity contribution in [2.24, 2.45) is 0 Å². The van der Waals surface area contributed by atoms with E-state index in [1.54, 1.807) is 0 Å². The minimum Gasteiger partial charge on any atom is -0.340 e. The lowest BCUT2D eigenvalue weighted by atomic mass is 10.1. The van der Waals surface area contributed by atoms with E-state index in [2.05, 4.69) is 23.2 Å². The number of nitrogens with zero attached hydrogens (tertiary/aromatic N) is 2. The van der Waals surface area contributed by atoms with Crippen LogP contribution >= 0.6 is 36.4 Å². The minimum atomic E-state index is 0. The molecule has 1 unspecified atom stereocenters. The van der Waals surface area contributed by atoms with Gasteiger partial charge in [0.2, 0.25) is 5.91 Å². The highest BCUT2D eigenvalue weighted by molar-refractivity contribution is 6.31. The van der Waals surface area contributed by atoms with Crippen molar-refractivity contribution in [2.75, 3.05) is 39.8 Å². The summed E-state index contributed by atoms with van der Waals surface area (Å²) in [6.45, 7) is 6.52. The Bertz CT molecular complexity index is 494. The van der Waals surface area contributed by atoms with Crippen molar-refractivity contribution in [1.82, 2.24) is 15.1 Å². The number of hydrogen-bond acceptors (Lipinski definition) is 3. The van der Waals surface area contributed by atoms with Gasteiger partial charge in [-0.15, -0.1) is 24.8 Å². The molecule has 1 N–H and O–H groups in total. The molecule has 7 heteroatoms. The summed E-state index contributed by atoms with van der Waals surface area (Å²) in [5, 5.41) is 3.90. The van der Waals surface area contributed by atoms with Crippen LogP contribution in [0.2, 0.25) is 5.02 Å². The van der Waals surface area contributed by atoms with Crippen molar-refractivity contribution in [2.45, 2.75) is 25.8 Å². The van der Waals surface area contributed by atoms with E-state index in [-0.39, 0.29) is 36.8 Å². The van der Waals surface area contributed by atoms with Gasteiger partial charge in [-0.05, 0) is 38.6 Å². The molecule has 0 saturated carbocycles. The van der Waals surface area contributed by atoms with Gasteiger partial charge in [0.15, 0.2) is 0 Å². The zero-order valence-corrected chi connectivity index (χ0v) is 16.7. The van der Waals surface area contributed by atoms with Crippen LogP contribution in [0.3, 0.4) is 0 Å². The number of halogens is 3. The Morgan fingerprint density at radius 1 is 1.21 bits per heavy atom. The molecule has 1 fully saturated rings. The lowest BCUT2D eigenvalue weighted by Gasteiger charge is -2.38. The zero-order chi connectivity index (χ0) is 15.9. The second-order valence-corrected chi connectivity index (χ2v) is 6.23. The van der Waals surface area contributed by atoms with Gasteiger partial charge in [0, 0.05) is 43.7 Å². The highest BCUT2D eigenvalue weighted by Crippen LogP contribution is 2.27. The van der Waals surface area contributed by atoms with E-state index < -0.39 is 0 Å². The summed E-state index contributed by atoms with van der Waals surface area (Å²) in [5.74, 6) is 0.278. The molecule has 1 aromatic carbocycles. The topological polar surface area (TPSA) is 35.6 Å². The van der Waals surface area contributed by atoms with Crippen LogP contribution in [0.15, 0.2) is 24.3 Å². The molecule has 0 aromatic heterocycles. The molecule has 2 rings (SSSR count). The monoisotopic (exact) mass is 395 g/mol. The Morgan fingerprint density at radius 3 is 2.42 bits per heavy atom. The van der Waals surface area contributed by atoms with Gasteiger partial charge in [-0.25, -0.2) is 0 Å². The molecule has 1 saturated heterocycles. The molecular formula is C17H28Cl3N3O. The van der Waals surface area contributed by atoms with Crippen molar-refractivity contribution in [3.05, 3.63) is 34.9 Å². The first-order valence-corrected chi connectivity index (χ1v) is 8.42. The van der Waals surface area contributed by atoms with Gasteiger partial charge in [-0.2, -0.15) is 0 Å². The molecule has 1 aliphatic heterocycles. The van der Waals surface area contributed by atoms with E-state index in [1.807, 2.05) is 30.1 Å². The average molecular weight is 397 g/mol. The maximum Gasteiger partial charge on any atom is 0.222 e. The first-order valence-electron chi connectivity index (χ1n) is 8.04. The molecule has 1 aromatic rings. The second kappa shape index (κ2) is 11.9. The van der Waals surface area contributed by atoms with Gasteiger partial charge in [0.1, 0.15) is 0 Å². The van der Waals surface area contributed by atoms with E-state index in [9.17, 15) is 4.79 Å². The summed E-state index contributed by atoms with van der Waals surface area (Å²) in [4.78, 5) is 16.5. The molecule has 1 aliphatic rings. The number of amides is 1. The third kappa shape index (κ3) is 6.41. The van der Waals surface area contributed by atoms with Crippen molar-refractivity contribution in [3.63, 3.8) is 0 Å². The quantitative estimate of drug-likeness (QED) is 0.749. The molecule has 1 amide bonds. The van der Waals surface area contributed by atoms with Crippen LogP contribution in [0.4, 0.5) is 0 Å². The summed E-state index contributed by atoms with van der Waals surface area (Å²) in [6.07, 6.45) is 1.55. The normalized spacial score (nSPS) is 16.0. The predicted octanol–water partition coefficient (Wildman–Crippen LogP) is 3.39. The summed E-state index contributed by atoms with van der Waals surface area (Å²) in [5.41, 5.74) is 1.16. The van der Waals surface area contributed by atoms with E-state index in [0.29, 0.717) is 6.42 Å². The molecule has 0 spiro atoms. The van der Waals surface area contributed by atoms with Crippen LogP contribution in [0, 0.1) is 0 Å². The Hall–Kier alpha value is -0.520. The number of piperazine rings is 1. The fourth-order valence-corrected chi connectivity index (χ4v) is 3.24. The van der Waals surface area contributed by atoms with Crippen LogP contribution in [0.25, 0.3) is 0 Å². The summed E-state index contributed by atoms with van der Waals surface area (Å²) < 4.78 is 0. The van der Waals surface area contributed by atoms with Crippen molar-refractivity contribution < 1.29 is 4.79 Å². The molecule has 0 aliphatic carbocycles. The predicted molar refractivity (Wildman–Crippen MR) is 106 cm³/mol. The van der Waals surface area contributed by atoms with Crippen molar-refractivity contribution in [1.29, 1.82) is 0 Å². The third-order valence-electron chi connectivity index (χ3n) is 4.39.